The molecule has 10 nitrogen and oxygen atoms in total. The summed E-state index contributed by atoms with van der Waals surface area (Å²) in [5, 5.41) is 13.1. The molecule has 1 aliphatic carbocycles. The number of aliphatic carboxylic acids is 1. The van der Waals surface area contributed by atoms with Crippen molar-refractivity contribution in [3.8, 4) is 0 Å². The molecule has 5 atom stereocenters. The molecule has 2 heterocycles. The second-order valence-electron chi connectivity index (χ2n) is 12.4. The monoisotopic (exact) mass is 896 g/mol. The number of benzene rings is 3. The summed E-state index contributed by atoms with van der Waals surface area (Å²) in [6.07, 6.45) is -4.43. The number of carbonyl (C=O) groups excluding carboxylic acids is 1. The van der Waals surface area contributed by atoms with Gasteiger partial charge in [-0.05, 0) is 6.92 Å². The second-order valence-corrected chi connectivity index (χ2v) is 17.0. The average Bonchev–Trinajstić information content (AvgIpc) is 3.63. The Morgan fingerprint density at radius 1 is 1.10 bits per heavy atom. The maximum absolute atomic E-state index is 14.7. The summed E-state index contributed by atoms with van der Waals surface area (Å²) in [4.78, 5) is 31.4. The van der Waals surface area contributed by atoms with Gasteiger partial charge >= 0.3 is 271 Å². The first-order valence-electron chi connectivity index (χ1n) is 15.2. The number of carboxylic acids is 1. The Labute approximate surface area is 294 Å². The van der Waals surface area contributed by atoms with E-state index in [1.54, 1.807) is 30.3 Å². The number of nitrogens with zero attached hydrogens (tertiary/aromatic N) is 3. The fourth-order valence-corrected chi connectivity index (χ4v) is 10.2. The number of anilines is 2. The van der Waals surface area contributed by atoms with E-state index in [1.807, 2.05) is 18.5 Å². The van der Waals surface area contributed by atoms with Crippen molar-refractivity contribution >= 4 is 69.4 Å². The zero-order chi connectivity index (χ0) is 35.6. The minimum absolute atomic E-state index is 0.0459. The quantitative estimate of drug-likeness (QED) is 0.242. The van der Waals surface area contributed by atoms with E-state index in [1.165, 1.54) is 19.2 Å². The molecule has 1 saturated carbocycles. The molecule has 2 N–H and O–H groups in total. The van der Waals surface area contributed by atoms with E-state index >= 15 is 0 Å². The number of imidazole rings is 1. The van der Waals surface area contributed by atoms with Gasteiger partial charge in [0.2, 0.25) is 0 Å². The number of aryl methyl sites for hydroxylation is 2. The third-order valence-electron chi connectivity index (χ3n) is 9.76. The van der Waals surface area contributed by atoms with Crippen LogP contribution in [0.1, 0.15) is 29.3 Å². The Kier molecular flexibility index (Phi) is 9.07. The number of carbonyl (C=O) groups is 2. The van der Waals surface area contributed by atoms with Gasteiger partial charge < -0.3 is 4.57 Å². The molecule has 6 rings (SSSR count). The summed E-state index contributed by atoms with van der Waals surface area (Å²) in [5.41, 5.74) is 0.467. The topological polar surface area (TPSA) is 131 Å². The van der Waals surface area contributed by atoms with Gasteiger partial charge in [0.15, 0.2) is 0 Å². The van der Waals surface area contributed by atoms with Crippen molar-refractivity contribution in [2.45, 2.75) is 33.4 Å². The number of hydrogen-bond donors (Lipinski definition) is 2. The van der Waals surface area contributed by atoms with Crippen LogP contribution in [0.25, 0.3) is 11.0 Å². The Morgan fingerprint density at radius 3 is 2.43 bits per heavy atom. The van der Waals surface area contributed by atoms with Gasteiger partial charge in [-0.3, -0.25) is 0 Å². The van der Waals surface area contributed by atoms with Gasteiger partial charge in [-0.2, -0.15) is 0 Å². The van der Waals surface area contributed by atoms with Crippen LogP contribution in [-0.2, 0) is 37.6 Å². The number of hydrogen-bond acceptors (Lipinski definition) is 6. The Hall–Kier alpha value is -3.60. The molecule has 0 bridgehead atoms. The van der Waals surface area contributed by atoms with E-state index in [9.17, 15) is 40.7 Å². The molecule has 0 spiro atoms. The maximum atomic E-state index is 14.7. The zero-order valence-electron chi connectivity index (χ0n) is 26.4. The fraction of sp³-hybridized carbons (Fsp3) is 0.364. The van der Waals surface area contributed by atoms with E-state index < -0.39 is 66.0 Å². The van der Waals surface area contributed by atoms with Crippen LogP contribution >= 0.6 is 0 Å². The Balaban J connectivity index is 1.30. The molecule has 259 valence electrons. The van der Waals surface area contributed by atoms with Crippen molar-refractivity contribution < 1.29 is 45.4 Å². The van der Waals surface area contributed by atoms with Crippen LogP contribution in [0.5, 0.6) is 0 Å². The van der Waals surface area contributed by atoms with Crippen LogP contribution in [0.3, 0.4) is 0 Å². The van der Waals surface area contributed by atoms with E-state index in [0.29, 0.717) is 54.3 Å². The van der Waals surface area contributed by atoms with Gasteiger partial charge in [0, 0.05) is 7.05 Å². The van der Waals surface area contributed by atoms with Crippen molar-refractivity contribution in [1.29, 1.82) is 0 Å². The molecule has 1 aliphatic heterocycles. The van der Waals surface area contributed by atoms with Crippen molar-refractivity contribution in [2.24, 2.45) is 24.8 Å². The van der Waals surface area contributed by atoms with Gasteiger partial charge in [-0.15, -0.1) is 0 Å². The number of sulfonamides is 1. The van der Waals surface area contributed by atoms with E-state index in [4.69, 9.17) is 4.74 Å². The summed E-state index contributed by atoms with van der Waals surface area (Å²) in [6.45, 7) is 2.18. The summed E-state index contributed by atoms with van der Waals surface area (Å²) < 4.78 is 88.2. The van der Waals surface area contributed by atoms with Crippen molar-refractivity contribution in [3.63, 3.8) is 0 Å². The van der Waals surface area contributed by atoms with Crippen molar-refractivity contribution in [2.75, 3.05) is 29.9 Å². The van der Waals surface area contributed by atoms with Crippen LogP contribution in [0.15, 0.2) is 65.6 Å². The zero-order valence-corrected chi connectivity index (χ0v) is 30.4. The molecular weight excluding hydrogens is 865 g/mol. The Morgan fingerprint density at radius 2 is 1.80 bits per heavy atom. The molecular formula is C33H31F4N4O6PoS. The van der Waals surface area contributed by atoms with Crippen LogP contribution in [0.2, 0.25) is 3.07 Å². The molecule has 2 aliphatic rings. The van der Waals surface area contributed by atoms with Crippen molar-refractivity contribution in [3.05, 3.63) is 83.4 Å². The fourth-order valence-electron chi connectivity index (χ4n) is 6.97. The van der Waals surface area contributed by atoms with Crippen LogP contribution in [-0.4, -0.2) is 80.3 Å². The third-order valence-corrected chi connectivity index (χ3v) is 14.3. The van der Waals surface area contributed by atoms with Gasteiger partial charge in [-0.25, -0.2) is 0 Å². The van der Waals surface area contributed by atoms with Crippen molar-refractivity contribution in [1.82, 2.24) is 9.55 Å². The first-order chi connectivity index (χ1) is 22.9. The third kappa shape index (κ3) is 6.10. The normalized spacial score (nSPS) is 24.1. The summed E-state index contributed by atoms with van der Waals surface area (Å²) in [6, 6.07) is 12.8. The molecule has 2 fully saturated rings. The molecule has 49 heavy (non-hydrogen) atoms. The molecule has 1 saturated heterocycles. The molecule has 1 amide bonds. The van der Waals surface area contributed by atoms with Crippen LogP contribution in [0, 0.1) is 30.5 Å². The first kappa shape index (κ1) is 35.2. The molecule has 4 aromatic rings. The second kappa shape index (κ2) is 12.6. The van der Waals surface area contributed by atoms with Gasteiger partial charge in [0.1, 0.15) is 5.82 Å². The number of amides is 1. The van der Waals surface area contributed by atoms with E-state index in [0.717, 1.165) is 21.7 Å². The standard InChI is InChI=1S/C33H31F4N4O6S.Po/c1-17-38-27-14-22(9-11-28(27)40(17)2)48(45,46)41(3)21-7-4-18(5-8-21)23-12-19-15-47-16-24(19)29(30(23)32(43)44)31(42)39-26-10-6-20(13-25(26)34)33(35,36)37;/h4-11,13-14,19,23-24,29H,12,15-16H2,1-3H3,(H,39,42)(H,43,44);/t19-,23+,24+,29-;/m1./s1. The van der Waals surface area contributed by atoms with Gasteiger partial charge in [-0.1, -0.05) is 0 Å². The van der Waals surface area contributed by atoms with Gasteiger partial charge in [0.05, 0.1) is 0 Å². The number of carboxylic acid groups (broad SMARTS) is 1. The average molecular weight is 897 g/mol. The van der Waals surface area contributed by atoms with Gasteiger partial charge in [0.25, 0.3) is 0 Å². The number of nitrogens with one attached hydrogen (secondary N) is 1. The summed E-state index contributed by atoms with van der Waals surface area (Å²) >= 11 is 0.558. The summed E-state index contributed by atoms with van der Waals surface area (Å²) in [7, 11) is -0.761. The Bertz CT molecular complexity index is 2070. The predicted molar refractivity (Wildman–Crippen MR) is 172 cm³/mol. The number of rotatable bonds is 7. The molecule has 1 aromatic heterocycles. The van der Waals surface area contributed by atoms with E-state index in [2.05, 4.69) is 10.3 Å². The van der Waals surface area contributed by atoms with E-state index in [-0.39, 0.29) is 30.1 Å². The number of halogens is 4. The van der Waals surface area contributed by atoms with Crippen LogP contribution < -0.4 is 9.62 Å². The number of aromatic nitrogens is 2. The molecule has 1 radical (unpaired) electrons. The smallest absolute Gasteiger partial charge is 0.331 e. The first-order valence-corrected chi connectivity index (χ1v) is 18.2. The molecule has 16 heteroatoms. The molecule has 0 unspecified atom stereocenters. The number of alkyl halides is 3. The number of fused-ring (bicyclic) bond motifs is 2. The number of ether oxygens (including phenoxy) is 1. The minimum atomic E-state index is -4.79. The minimum Gasteiger partial charge on any atom is -0.331 e. The SMILES string of the molecule is Cc1nc2cc(S(=O)(=O)N(C)c3ccc([C@@H]4C[C@@H]5COC[C@@H]5[C@@H](C(=O)Nc5ccc(C(F)(F)F)cc5F)[C@@]4([Po])C(=O)O)cc3)ccc2n1C. The molecule has 3 aromatic carbocycles. The predicted octanol–water partition coefficient (Wildman–Crippen LogP) is 5.28. The summed E-state index contributed by atoms with van der Waals surface area (Å²) in [5.74, 6) is -5.34. The van der Waals surface area contributed by atoms with Crippen LogP contribution in [0.4, 0.5) is 28.9 Å².